The summed E-state index contributed by atoms with van der Waals surface area (Å²) in [7, 11) is 1.36. The lowest BCUT2D eigenvalue weighted by Gasteiger charge is -2.40. The molecule has 0 saturated heterocycles. The minimum atomic E-state index is -4.93. The van der Waals surface area contributed by atoms with E-state index in [1.165, 1.54) is 31.4 Å². The Balaban J connectivity index is 2.52. The molecule has 31 heavy (non-hydrogen) atoms. The normalized spacial score (nSPS) is 16.2. The highest BCUT2D eigenvalue weighted by Crippen LogP contribution is 2.47. The molecule has 0 aliphatic carbocycles. The Bertz CT molecular complexity index is 945. The number of halogens is 4. The Morgan fingerprint density at radius 1 is 1.13 bits per heavy atom. The van der Waals surface area contributed by atoms with Crippen molar-refractivity contribution in [1.82, 2.24) is 0 Å². The van der Waals surface area contributed by atoms with E-state index >= 15 is 0 Å². The molecular formula is C23H27F4NO3. The zero-order valence-electron chi connectivity index (χ0n) is 17.9. The van der Waals surface area contributed by atoms with Crippen molar-refractivity contribution < 1.29 is 32.6 Å². The molecule has 0 spiro atoms. The maximum atomic E-state index is 14.2. The molecule has 0 amide bonds. The molecule has 2 atom stereocenters. The van der Waals surface area contributed by atoms with Crippen LogP contribution in [0.4, 0.5) is 17.6 Å². The predicted molar refractivity (Wildman–Crippen MR) is 110 cm³/mol. The van der Waals surface area contributed by atoms with Gasteiger partial charge in [0.1, 0.15) is 11.6 Å². The van der Waals surface area contributed by atoms with Gasteiger partial charge in [-0.25, -0.2) is 4.39 Å². The second-order valence-corrected chi connectivity index (χ2v) is 8.07. The summed E-state index contributed by atoms with van der Waals surface area (Å²) in [6, 6.07) is 8.25. The highest BCUT2D eigenvalue weighted by Gasteiger charge is 2.56. The van der Waals surface area contributed by atoms with E-state index in [0.717, 1.165) is 12.3 Å². The predicted octanol–water partition coefficient (Wildman–Crippen LogP) is 5.54. The molecule has 2 rings (SSSR count). The van der Waals surface area contributed by atoms with Crippen LogP contribution in [0.15, 0.2) is 41.6 Å². The zero-order chi connectivity index (χ0) is 23.4. The molecule has 170 valence electrons. The third-order valence-electron chi connectivity index (χ3n) is 5.86. The van der Waals surface area contributed by atoms with Crippen LogP contribution in [0.5, 0.6) is 5.75 Å². The van der Waals surface area contributed by atoms with Crippen molar-refractivity contribution in [3.05, 3.63) is 64.5 Å². The van der Waals surface area contributed by atoms with E-state index in [2.05, 4.69) is 5.16 Å². The summed E-state index contributed by atoms with van der Waals surface area (Å²) in [6.45, 7) is 4.87. The number of rotatable bonds is 8. The van der Waals surface area contributed by atoms with Gasteiger partial charge in [-0.1, -0.05) is 37.2 Å². The van der Waals surface area contributed by atoms with E-state index < -0.39 is 35.9 Å². The Hall–Kier alpha value is -2.61. The molecule has 4 nitrogen and oxygen atoms in total. The fourth-order valence-electron chi connectivity index (χ4n) is 3.85. The molecule has 2 aromatic carbocycles. The maximum Gasteiger partial charge on any atom is 0.417 e. The van der Waals surface area contributed by atoms with Gasteiger partial charge in [0, 0.05) is 12.0 Å². The Kier molecular flexibility index (Phi) is 7.36. The van der Waals surface area contributed by atoms with Crippen LogP contribution in [0.3, 0.4) is 0 Å². The number of alkyl halides is 3. The fourth-order valence-corrected chi connectivity index (χ4v) is 3.85. The third-order valence-corrected chi connectivity index (χ3v) is 5.86. The second-order valence-electron chi connectivity index (χ2n) is 8.07. The van der Waals surface area contributed by atoms with Gasteiger partial charge in [-0.05, 0) is 60.1 Å². The molecule has 2 unspecified atom stereocenters. The van der Waals surface area contributed by atoms with Gasteiger partial charge in [-0.2, -0.15) is 13.2 Å². The number of oxime groups is 1. The quantitative estimate of drug-likeness (QED) is 0.245. The van der Waals surface area contributed by atoms with E-state index in [1.54, 1.807) is 26.8 Å². The highest BCUT2D eigenvalue weighted by molar-refractivity contribution is 5.79. The second kappa shape index (κ2) is 9.26. The number of hydrogen-bond acceptors (Lipinski definition) is 4. The molecule has 2 aromatic rings. The van der Waals surface area contributed by atoms with Crippen LogP contribution in [-0.4, -0.2) is 35.4 Å². The monoisotopic (exact) mass is 441 g/mol. The molecule has 0 fully saturated rings. The van der Waals surface area contributed by atoms with Crippen molar-refractivity contribution in [3.63, 3.8) is 0 Å². The Labute approximate surface area is 179 Å². The van der Waals surface area contributed by atoms with Crippen LogP contribution < -0.4 is 4.74 Å². The molecule has 0 aliphatic heterocycles. The average molecular weight is 441 g/mol. The van der Waals surface area contributed by atoms with Gasteiger partial charge in [0.2, 0.25) is 0 Å². The summed E-state index contributed by atoms with van der Waals surface area (Å²) >= 11 is 0. The third kappa shape index (κ3) is 5.36. The highest BCUT2D eigenvalue weighted by atomic mass is 19.4. The van der Waals surface area contributed by atoms with Crippen molar-refractivity contribution in [1.29, 1.82) is 0 Å². The largest absolute Gasteiger partial charge is 0.496 e. The lowest BCUT2D eigenvalue weighted by Crippen LogP contribution is -2.51. The van der Waals surface area contributed by atoms with Crippen LogP contribution in [-0.2, 0) is 11.8 Å². The summed E-state index contributed by atoms with van der Waals surface area (Å²) in [4.78, 5) is 0. The van der Waals surface area contributed by atoms with E-state index in [-0.39, 0.29) is 17.7 Å². The number of hydrogen-bond donors (Lipinski definition) is 2. The molecule has 8 heteroatoms. The fraction of sp³-hybridized carbons (Fsp3) is 0.435. The smallest absolute Gasteiger partial charge is 0.417 e. The lowest BCUT2D eigenvalue weighted by molar-refractivity contribution is -0.266. The van der Waals surface area contributed by atoms with E-state index in [1.807, 2.05) is 0 Å². The first-order valence-electron chi connectivity index (χ1n) is 9.79. The number of benzene rings is 2. The minimum Gasteiger partial charge on any atom is -0.496 e. The van der Waals surface area contributed by atoms with Crippen LogP contribution in [0.2, 0.25) is 0 Å². The molecule has 0 bridgehead atoms. The van der Waals surface area contributed by atoms with Crippen molar-refractivity contribution in [2.75, 3.05) is 7.11 Å². The first-order chi connectivity index (χ1) is 14.4. The van der Waals surface area contributed by atoms with Crippen LogP contribution in [0.25, 0.3) is 0 Å². The van der Waals surface area contributed by atoms with Gasteiger partial charge in [0.05, 0.1) is 13.3 Å². The van der Waals surface area contributed by atoms with Crippen molar-refractivity contribution >= 4 is 6.21 Å². The first-order valence-corrected chi connectivity index (χ1v) is 9.79. The van der Waals surface area contributed by atoms with Crippen LogP contribution >= 0.6 is 0 Å². The zero-order valence-corrected chi connectivity index (χ0v) is 17.9. The molecule has 0 saturated carbocycles. The summed E-state index contributed by atoms with van der Waals surface area (Å²) in [5, 5.41) is 22.5. The number of methoxy groups -OCH3 is 1. The SMILES string of the molecule is CCC(C)(CC(O)(Cc1ccc(/C=N/O)cc1C)C(F)(F)F)c1cc(F)ccc1OC. The topological polar surface area (TPSA) is 62.1 Å². The van der Waals surface area contributed by atoms with Gasteiger partial charge in [0.25, 0.3) is 0 Å². The Morgan fingerprint density at radius 2 is 1.81 bits per heavy atom. The van der Waals surface area contributed by atoms with Gasteiger partial charge >= 0.3 is 6.18 Å². The van der Waals surface area contributed by atoms with E-state index in [4.69, 9.17) is 9.94 Å². The summed E-state index contributed by atoms with van der Waals surface area (Å²) < 4.78 is 61.7. The molecule has 0 aliphatic rings. The van der Waals surface area contributed by atoms with Gasteiger partial charge in [-0.15, -0.1) is 0 Å². The standard InChI is InChI=1S/C23H27F4NO3/c1-5-21(3,19-11-18(24)8-9-20(19)31-4)14-22(29,23(25,26)27)12-17-7-6-16(13-28-30)10-15(17)2/h6-11,13,29-30H,5,12,14H2,1-4H3/b28-13+. The number of nitrogens with zero attached hydrogens (tertiary/aromatic N) is 1. The molecule has 0 aromatic heterocycles. The molecule has 0 radical (unpaired) electrons. The number of aliphatic hydroxyl groups is 1. The van der Waals surface area contributed by atoms with E-state index in [9.17, 15) is 22.7 Å². The molecular weight excluding hydrogens is 414 g/mol. The summed E-state index contributed by atoms with van der Waals surface area (Å²) in [6.07, 6.45) is -4.90. The maximum absolute atomic E-state index is 14.2. The number of aryl methyl sites for hydroxylation is 1. The minimum absolute atomic E-state index is 0.218. The first kappa shape index (κ1) is 24.7. The molecule has 2 N–H and O–H groups in total. The Morgan fingerprint density at radius 3 is 2.32 bits per heavy atom. The van der Waals surface area contributed by atoms with Crippen LogP contribution in [0, 0.1) is 12.7 Å². The summed E-state index contributed by atoms with van der Waals surface area (Å²) in [5.41, 5.74) is -2.67. The lowest BCUT2D eigenvalue weighted by atomic mass is 9.69. The average Bonchev–Trinajstić information content (AvgIpc) is 2.69. The van der Waals surface area contributed by atoms with Gasteiger partial charge in [-0.3, -0.25) is 0 Å². The van der Waals surface area contributed by atoms with E-state index in [0.29, 0.717) is 16.7 Å². The molecule has 0 heterocycles. The van der Waals surface area contributed by atoms with Crippen molar-refractivity contribution in [3.8, 4) is 5.75 Å². The van der Waals surface area contributed by atoms with Crippen molar-refractivity contribution in [2.45, 2.75) is 57.2 Å². The number of ether oxygens (including phenoxy) is 1. The van der Waals surface area contributed by atoms with Crippen molar-refractivity contribution in [2.24, 2.45) is 5.16 Å². The summed E-state index contributed by atoms with van der Waals surface area (Å²) in [5.74, 6) is -0.331. The van der Waals surface area contributed by atoms with Gasteiger partial charge < -0.3 is 15.1 Å². The van der Waals surface area contributed by atoms with Gasteiger partial charge in [0.15, 0.2) is 5.60 Å². The van der Waals surface area contributed by atoms with Crippen LogP contribution in [0.1, 0.15) is 48.9 Å².